The number of allylic oxidation sites excluding steroid dienone is 16. The zero-order chi connectivity index (χ0) is 36.3. The zero-order valence-electron chi connectivity index (χ0n) is 29.9. The summed E-state index contributed by atoms with van der Waals surface area (Å²) in [6, 6.07) is 33.8. The second kappa shape index (κ2) is 21.7. The van der Waals surface area contributed by atoms with Crippen LogP contribution in [0.2, 0.25) is 0 Å². The summed E-state index contributed by atoms with van der Waals surface area (Å²) in [6.45, 7) is 4.24. The molecule has 0 aliphatic heterocycles. The van der Waals surface area contributed by atoms with Crippen LogP contribution in [0.15, 0.2) is 195 Å². The van der Waals surface area contributed by atoms with Crippen molar-refractivity contribution in [3.05, 3.63) is 208 Å². The number of rotatable bonds is 15. The van der Waals surface area contributed by atoms with Crippen molar-refractivity contribution in [3.63, 3.8) is 0 Å². The first-order chi connectivity index (χ1) is 24.9. The summed E-state index contributed by atoms with van der Waals surface area (Å²) >= 11 is 7.09. The van der Waals surface area contributed by atoms with E-state index in [0.717, 1.165) is 43.6 Å². The Morgan fingerprint density at radius 3 is 1.31 bits per heavy atom. The molecule has 0 bridgehead atoms. The Kier molecular flexibility index (Phi) is 16.7. The molecule has 0 N–H and O–H groups in total. The SMILES string of the molecule is COc1ccc(C(=C\C=C\C=C(\C=C\C(C)=C\C=C\c2ccc(SC)cc2)c2ccc(Br)cc2)/C=C/C(C)=C/C=C/c2ccc(SC)cc2)cc1. The minimum atomic E-state index is 0.836. The third-order valence-corrected chi connectivity index (χ3v) is 9.86. The third kappa shape index (κ3) is 14.0. The van der Waals surface area contributed by atoms with Gasteiger partial charge in [-0.15, -0.1) is 23.5 Å². The highest BCUT2D eigenvalue weighted by Crippen LogP contribution is 2.23. The molecule has 258 valence electrons. The van der Waals surface area contributed by atoms with Crippen LogP contribution in [0.5, 0.6) is 5.75 Å². The van der Waals surface area contributed by atoms with Crippen LogP contribution in [0, 0.1) is 0 Å². The van der Waals surface area contributed by atoms with Crippen LogP contribution < -0.4 is 4.74 Å². The lowest BCUT2D eigenvalue weighted by atomic mass is 10.0. The quantitative estimate of drug-likeness (QED) is 0.0880. The highest BCUT2D eigenvalue weighted by atomic mass is 79.9. The van der Waals surface area contributed by atoms with Crippen molar-refractivity contribution in [2.75, 3.05) is 19.6 Å². The van der Waals surface area contributed by atoms with Gasteiger partial charge in [-0.2, -0.15) is 0 Å². The first-order valence-corrected chi connectivity index (χ1v) is 19.9. The second-order valence-corrected chi connectivity index (χ2v) is 14.3. The fourth-order valence-electron chi connectivity index (χ4n) is 4.85. The average Bonchev–Trinajstić information content (AvgIpc) is 3.16. The van der Waals surface area contributed by atoms with Gasteiger partial charge in [0, 0.05) is 14.3 Å². The van der Waals surface area contributed by atoms with E-state index in [1.54, 1.807) is 30.6 Å². The van der Waals surface area contributed by atoms with Gasteiger partial charge in [0.1, 0.15) is 5.75 Å². The number of halogens is 1. The van der Waals surface area contributed by atoms with E-state index in [1.807, 2.05) is 12.1 Å². The number of hydrogen-bond acceptors (Lipinski definition) is 3. The van der Waals surface area contributed by atoms with E-state index in [2.05, 4.69) is 212 Å². The zero-order valence-corrected chi connectivity index (χ0v) is 33.1. The van der Waals surface area contributed by atoms with Crippen LogP contribution in [0.1, 0.15) is 36.1 Å². The van der Waals surface area contributed by atoms with Crippen molar-refractivity contribution in [1.29, 1.82) is 0 Å². The molecular weight excluding hydrogens is 725 g/mol. The van der Waals surface area contributed by atoms with Gasteiger partial charge in [0.05, 0.1) is 7.11 Å². The Labute approximate surface area is 322 Å². The summed E-state index contributed by atoms with van der Waals surface area (Å²) in [7, 11) is 1.69. The van der Waals surface area contributed by atoms with E-state index < -0.39 is 0 Å². The van der Waals surface area contributed by atoms with E-state index in [9.17, 15) is 0 Å². The number of methoxy groups -OCH3 is 1. The summed E-state index contributed by atoms with van der Waals surface area (Å²) < 4.78 is 6.47. The fourth-order valence-corrected chi connectivity index (χ4v) is 5.93. The molecule has 0 fully saturated rings. The Hall–Kier alpha value is -4.48. The molecule has 51 heavy (non-hydrogen) atoms. The Balaban J connectivity index is 1.55. The molecule has 0 spiro atoms. The van der Waals surface area contributed by atoms with E-state index in [1.165, 1.54) is 20.9 Å². The molecular formula is C47H45BrOS2. The number of ether oxygens (including phenoxy) is 1. The third-order valence-electron chi connectivity index (χ3n) is 7.84. The Bertz CT molecular complexity index is 1970. The van der Waals surface area contributed by atoms with Crippen LogP contribution in [0.3, 0.4) is 0 Å². The molecule has 0 saturated heterocycles. The molecule has 0 atom stereocenters. The molecule has 0 amide bonds. The van der Waals surface area contributed by atoms with Crippen LogP contribution in [-0.4, -0.2) is 19.6 Å². The summed E-state index contributed by atoms with van der Waals surface area (Å²) in [6.07, 6.45) is 34.1. The summed E-state index contributed by atoms with van der Waals surface area (Å²) in [5, 5.41) is 0. The Morgan fingerprint density at radius 1 is 0.510 bits per heavy atom. The van der Waals surface area contributed by atoms with Gasteiger partial charge in [-0.3, -0.25) is 0 Å². The molecule has 4 aromatic rings. The first kappa shape index (κ1) is 39.3. The van der Waals surface area contributed by atoms with E-state index in [0.29, 0.717) is 0 Å². The lowest BCUT2D eigenvalue weighted by Crippen LogP contribution is -1.85. The molecule has 0 saturated carbocycles. The van der Waals surface area contributed by atoms with Gasteiger partial charge in [-0.25, -0.2) is 0 Å². The molecule has 0 heterocycles. The molecule has 0 radical (unpaired) electrons. The lowest BCUT2D eigenvalue weighted by molar-refractivity contribution is 0.415. The molecule has 0 unspecified atom stereocenters. The molecule has 4 rings (SSSR count). The molecule has 0 aromatic heterocycles. The number of hydrogen-bond donors (Lipinski definition) is 0. The van der Waals surface area contributed by atoms with Crippen molar-refractivity contribution >= 4 is 62.8 Å². The molecule has 0 aliphatic rings. The van der Waals surface area contributed by atoms with Crippen molar-refractivity contribution in [1.82, 2.24) is 0 Å². The minimum Gasteiger partial charge on any atom is -0.497 e. The topological polar surface area (TPSA) is 9.23 Å². The van der Waals surface area contributed by atoms with Gasteiger partial charge < -0.3 is 4.74 Å². The Morgan fingerprint density at radius 2 is 0.922 bits per heavy atom. The molecule has 1 nitrogen and oxygen atoms in total. The van der Waals surface area contributed by atoms with E-state index in [4.69, 9.17) is 4.74 Å². The molecule has 4 aromatic carbocycles. The lowest BCUT2D eigenvalue weighted by Gasteiger charge is -2.05. The predicted octanol–water partition coefficient (Wildman–Crippen LogP) is 14.4. The van der Waals surface area contributed by atoms with Crippen LogP contribution >= 0.6 is 39.5 Å². The minimum absolute atomic E-state index is 0.836. The van der Waals surface area contributed by atoms with Crippen LogP contribution in [0.25, 0.3) is 23.3 Å². The smallest absolute Gasteiger partial charge is 0.118 e. The monoisotopic (exact) mass is 768 g/mol. The van der Waals surface area contributed by atoms with Gasteiger partial charge in [0.2, 0.25) is 0 Å². The molecule has 4 heteroatoms. The van der Waals surface area contributed by atoms with Gasteiger partial charge in [-0.1, -0.05) is 161 Å². The van der Waals surface area contributed by atoms with Gasteiger partial charge in [0.15, 0.2) is 0 Å². The van der Waals surface area contributed by atoms with Gasteiger partial charge >= 0.3 is 0 Å². The largest absolute Gasteiger partial charge is 0.497 e. The van der Waals surface area contributed by atoms with Crippen molar-refractivity contribution in [3.8, 4) is 5.75 Å². The van der Waals surface area contributed by atoms with E-state index >= 15 is 0 Å². The normalized spacial score (nSPS) is 13.5. The molecule has 0 aliphatic carbocycles. The first-order valence-electron chi connectivity index (χ1n) is 16.7. The maximum atomic E-state index is 5.41. The van der Waals surface area contributed by atoms with Gasteiger partial charge in [0.25, 0.3) is 0 Å². The summed E-state index contributed by atoms with van der Waals surface area (Å²) in [4.78, 5) is 2.54. The number of thioether (sulfide) groups is 2. The van der Waals surface area contributed by atoms with Crippen LogP contribution in [0.4, 0.5) is 0 Å². The highest BCUT2D eigenvalue weighted by Gasteiger charge is 2.00. The second-order valence-electron chi connectivity index (χ2n) is 11.6. The van der Waals surface area contributed by atoms with Crippen molar-refractivity contribution in [2.24, 2.45) is 0 Å². The number of benzene rings is 4. The van der Waals surface area contributed by atoms with E-state index in [-0.39, 0.29) is 0 Å². The fraction of sp³-hybridized carbons (Fsp3) is 0.106. The maximum Gasteiger partial charge on any atom is 0.118 e. The summed E-state index contributed by atoms with van der Waals surface area (Å²) in [5.74, 6) is 0.836. The summed E-state index contributed by atoms with van der Waals surface area (Å²) in [5.41, 5.74) is 9.17. The van der Waals surface area contributed by atoms with Crippen molar-refractivity contribution in [2.45, 2.75) is 23.6 Å². The predicted molar refractivity (Wildman–Crippen MR) is 233 cm³/mol. The standard InChI is InChI=1S/C47H45BrOS2/c1-36(10-8-12-38-18-32-46(50-4)33-19-38)16-22-40(42-24-28-44(48)29-25-42)14-6-7-15-41(43-26-30-45(49-3)31-27-43)23-17-37(2)11-9-13-39-20-34-47(51-5)35-21-39/h6-35H,1-5H3/b7-6+,12-8+,13-9+,22-16+,23-17+,36-10+,37-11+,40-14-,41-15-. The maximum absolute atomic E-state index is 5.41. The average molecular weight is 770 g/mol. The van der Waals surface area contributed by atoms with Crippen LogP contribution in [-0.2, 0) is 0 Å². The van der Waals surface area contributed by atoms with Gasteiger partial charge in [-0.05, 0) is 108 Å². The highest BCUT2D eigenvalue weighted by molar-refractivity contribution is 9.10. The van der Waals surface area contributed by atoms with Crippen molar-refractivity contribution < 1.29 is 4.74 Å².